The van der Waals surface area contributed by atoms with Crippen molar-refractivity contribution in [2.45, 2.75) is 12.8 Å². The first-order valence-electron chi connectivity index (χ1n) is 8.77. The van der Waals surface area contributed by atoms with Crippen LogP contribution in [-0.4, -0.2) is 35.7 Å². The van der Waals surface area contributed by atoms with Crippen molar-refractivity contribution in [2.75, 3.05) is 23.3 Å². The van der Waals surface area contributed by atoms with E-state index in [1.165, 1.54) is 6.07 Å². The quantitative estimate of drug-likeness (QED) is 0.569. The number of rotatable bonds is 6. The normalized spacial score (nSPS) is 13.3. The van der Waals surface area contributed by atoms with E-state index in [1.807, 2.05) is 0 Å². The Morgan fingerprint density at radius 2 is 1.90 bits per heavy atom. The second-order valence-electron chi connectivity index (χ2n) is 6.35. The first-order valence-corrected chi connectivity index (χ1v) is 8.77. The molecule has 0 bridgehead atoms. The number of hydrogen-bond acceptors (Lipinski definition) is 5. The van der Waals surface area contributed by atoms with Gasteiger partial charge >= 0.3 is 5.69 Å². The van der Waals surface area contributed by atoms with Crippen molar-refractivity contribution in [1.29, 1.82) is 0 Å². The molecule has 1 saturated heterocycles. The molecule has 0 unspecified atom stereocenters. The van der Waals surface area contributed by atoms with Crippen LogP contribution in [0.3, 0.4) is 0 Å². The molecular formula is C19H17FN4O5. The summed E-state index contributed by atoms with van der Waals surface area (Å²) in [6.07, 6.45) is 1.31. The smallest absolute Gasteiger partial charge is 0.306 e. The molecule has 150 valence electrons. The van der Waals surface area contributed by atoms with Gasteiger partial charge in [0.1, 0.15) is 0 Å². The molecular weight excluding hydrogens is 383 g/mol. The van der Waals surface area contributed by atoms with Gasteiger partial charge in [-0.2, -0.15) is 4.39 Å². The molecule has 1 aliphatic heterocycles. The van der Waals surface area contributed by atoms with E-state index in [4.69, 9.17) is 0 Å². The van der Waals surface area contributed by atoms with Crippen molar-refractivity contribution in [3.05, 3.63) is 64.0 Å². The average Bonchev–Trinajstić information content (AvgIpc) is 3.13. The third-order valence-electron chi connectivity index (χ3n) is 4.35. The standard InChI is InChI=1S/C19H17FN4O5/c20-15-8-5-13(10-16(15)24(28)29)22-17(25)11-21-19(27)12-3-6-14(7-4-12)23-9-1-2-18(23)26/h3-8,10H,1-2,9,11H2,(H,21,27)(H,22,25). The monoisotopic (exact) mass is 400 g/mol. The van der Waals surface area contributed by atoms with Crippen LogP contribution in [0.5, 0.6) is 0 Å². The molecule has 2 N–H and O–H groups in total. The number of halogens is 1. The van der Waals surface area contributed by atoms with Crippen molar-refractivity contribution >= 4 is 34.8 Å². The number of nitrogens with one attached hydrogen (secondary N) is 2. The summed E-state index contributed by atoms with van der Waals surface area (Å²) in [7, 11) is 0. The highest BCUT2D eigenvalue weighted by atomic mass is 19.1. The third-order valence-corrected chi connectivity index (χ3v) is 4.35. The van der Waals surface area contributed by atoms with E-state index < -0.39 is 28.2 Å². The average molecular weight is 400 g/mol. The van der Waals surface area contributed by atoms with E-state index in [2.05, 4.69) is 10.6 Å². The van der Waals surface area contributed by atoms with Gasteiger partial charge in [-0.15, -0.1) is 0 Å². The lowest BCUT2D eigenvalue weighted by atomic mass is 10.2. The number of carbonyl (C=O) groups is 3. The van der Waals surface area contributed by atoms with Gasteiger partial charge in [0, 0.05) is 36.0 Å². The molecule has 2 aromatic carbocycles. The fourth-order valence-corrected chi connectivity index (χ4v) is 2.91. The summed E-state index contributed by atoms with van der Waals surface area (Å²) in [4.78, 5) is 47.3. The van der Waals surface area contributed by atoms with Gasteiger partial charge in [0.2, 0.25) is 17.6 Å². The Hall–Kier alpha value is -3.82. The molecule has 0 atom stereocenters. The molecule has 2 aromatic rings. The number of nitro groups is 1. The Morgan fingerprint density at radius 1 is 1.17 bits per heavy atom. The summed E-state index contributed by atoms with van der Waals surface area (Å²) < 4.78 is 13.3. The van der Waals surface area contributed by atoms with Crippen molar-refractivity contribution in [1.82, 2.24) is 5.32 Å². The van der Waals surface area contributed by atoms with Gasteiger partial charge in [-0.3, -0.25) is 24.5 Å². The number of hydrogen-bond donors (Lipinski definition) is 2. The molecule has 3 rings (SSSR count). The maximum absolute atomic E-state index is 13.3. The van der Waals surface area contributed by atoms with Crippen LogP contribution < -0.4 is 15.5 Å². The van der Waals surface area contributed by atoms with Gasteiger partial charge in [-0.1, -0.05) is 0 Å². The Balaban J connectivity index is 1.55. The Labute approximate surface area is 164 Å². The highest BCUT2D eigenvalue weighted by molar-refractivity contribution is 6.00. The second-order valence-corrected chi connectivity index (χ2v) is 6.35. The van der Waals surface area contributed by atoms with E-state index in [-0.39, 0.29) is 18.1 Å². The van der Waals surface area contributed by atoms with Crippen molar-refractivity contribution in [2.24, 2.45) is 0 Å². The van der Waals surface area contributed by atoms with Gasteiger partial charge in [0.05, 0.1) is 11.5 Å². The minimum atomic E-state index is -1.01. The lowest BCUT2D eigenvalue weighted by Crippen LogP contribution is -2.33. The van der Waals surface area contributed by atoms with E-state index in [1.54, 1.807) is 29.2 Å². The number of anilines is 2. The maximum Gasteiger partial charge on any atom is 0.306 e. The Morgan fingerprint density at radius 3 is 2.52 bits per heavy atom. The Bertz CT molecular complexity index is 977. The molecule has 10 heteroatoms. The highest BCUT2D eigenvalue weighted by Crippen LogP contribution is 2.22. The summed E-state index contributed by atoms with van der Waals surface area (Å²) in [5.41, 5.74) is 0.297. The van der Waals surface area contributed by atoms with Crippen LogP contribution >= 0.6 is 0 Å². The van der Waals surface area contributed by atoms with Gasteiger partial charge in [-0.05, 0) is 42.8 Å². The number of benzene rings is 2. The van der Waals surface area contributed by atoms with Crippen molar-refractivity contribution < 1.29 is 23.7 Å². The number of carbonyl (C=O) groups excluding carboxylic acids is 3. The predicted octanol–water partition coefficient (Wildman–Crippen LogP) is 2.23. The molecule has 3 amide bonds. The first-order chi connectivity index (χ1) is 13.8. The summed E-state index contributed by atoms with van der Waals surface area (Å²) >= 11 is 0. The van der Waals surface area contributed by atoms with Crippen LogP contribution in [0.2, 0.25) is 0 Å². The molecule has 0 aromatic heterocycles. The Kier molecular flexibility index (Phi) is 5.82. The van der Waals surface area contributed by atoms with Crippen LogP contribution in [0.4, 0.5) is 21.5 Å². The topological polar surface area (TPSA) is 122 Å². The molecule has 29 heavy (non-hydrogen) atoms. The van der Waals surface area contributed by atoms with Crippen LogP contribution in [-0.2, 0) is 9.59 Å². The molecule has 0 spiro atoms. The maximum atomic E-state index is 13.3. The van der Waals surface area contributed by atoms with E-state index in [0.717, 1.165) is 18.6 Å². The summed E-state index contributed by atoms with van der Waals surface area (Å²) in [5.74, 6) is -2.09. The van der Waals surface area contributed by atoms with E-state index in [9.17, 15) is 28.9 Å². The summed E-state index contributed by atoms with van der Waals surface area (Å²) in [6.45, 7) is 0.266. The van der Waals surface area contributed by atoms with E-state index in [0.29, 0.717) is 24.2 Å². The van der Waals surface area contributed by atoms with Crippen LogP contribution in [0.1, 0.15) is 23.2 Å². The number of nitro benzene ring substituents is 1. The van der Waals surface area contributed by atoms with Crippen LogP contribution in [0.15, 0.2) is 42.5 Å². The number of nitrogens with zero attached hydrogens (tertiary/aromatic N) is 2. The largest absolute Gasteiger partial charge is 0.343 e. The van der Waals surface area contributed by atoms with Gasteiger partial charge in [0.25, 0.3) is 5.91 Å². The fraction of sp³-hybridized carbons (Fsp3) is 0.211. The number of amides is 3. The molecule has 0 aliphatic carbocycles. The lowest BCUT2D eigenvalue weighted by Gasteiger charge is -2.15. The van der Waals surface area contributed by atoms with Crippen LogP contribution in [0, 0.1) is 15.9 Å². The first kappa shape index (κ1) is 19.9. The minimum absolute atomic E-state index is 0.0389. The van der Waals surface area contributed by atoms with Gasteiger partial charge in [0.15, 0.2) is 0 Å². The SMILES string of the molecule is O=C(CNC(=O)c1ccc(N2CCCC2=O)cc1)Nc1ccc(F)c([N+](=O)[O-])c1. The second kappa shape index (κ2) is 8.46. The molecule has 1 aliphatic rings. The van der Waals surface area contributed by atoms with Gasteiger partial charge < -0.3 is 15.5 Å². The van der Waals surface area contributed by atoms with Crippen molar-refractivity contribution in [3.8, 4) is 0 Å². The molecule has 1 fully saturated rings. The zero-order valence-corrected chi connectivity index (χ0v) is 15.2. The zero-order chi connectivity index (χ0) is 21.0. The third kappa shape index (κ3) is 4.72. The molecule has 1 heterocycles. The van der Waals surface area contributed by atoms with Crippen LogP contribution in [0.25, 0.3) is 0 Å². The van der Waals surface area contributed by atoms with Crippen molar-refractivity contribution in [3.63, 3.8) is 0 Å². The highest BCUT2D eigenvalue weighted by Gasteiger charge is 2.21. The zero-order valence-electron chi connectivity index (χ0n) is 15.2. The predicted molar refractivity (Wildman–Crippen MR) is 102 cm³/mol. The minimum Gasteiger partial charge on any atom is -0.343 e. The summed E-state index contributed by atoms with van der Waals surface area (Å²) in [6, 6.07) is 9.38. The lowest BCUT2D eigenvalue weighted by molar-refractivity contribution is -0.387. The van der Waals surface area contributed by atoms with E-state index >= 15 is 0 Å². The molecule has 0 saturated carbocycles. The van der Waals surface area contributed by atoms with Gasteiger partial charge in [-0.25, -0.2) is 0 Å². The molecule has 0 radical (unpaired) electrons. The summed E-state index contributed by atoms with van der Waals surface area (Å²) in [5, 5.41) is 15.5. The molecule has 9 nitrogen and oxygen atoms in total. The fourth-order valence-electron chi connectivity index (χ4n) is 2.91.